The Hall–Kier alpha value is -1.89. The summed E-state index contributed by atoms with van der Waals surface area (Å²) in [6, 6.07) is 0.508. The molecule has 1 atom stereocenters. The van der Waals surface area contributed by atoms with Crippen molar-refractivity contribution >= 4 is 11.9 Å². The Morgan fingerprint density at radius 3 is 2.89 bits per heavy atom. The molecule has 0 aromatic carbocycles. The first-order valence-corrected chi connectivity index (χ1v) is 5.56. The molecule has 1 amide bonds. The standard InChI is InChI=1S/C11H16N2O5/c1-3-4-8(11(15)16)12-10(14)9-5-7(6-17-2)18-13-9/h5,8H,3-4,6H2,1-2H3,(H,12,14)(H,15,16). The van der Waals surface area contributed by atoms with E-state index in [-0.39, 0.29) is 12.3 Å². The molecule has 1 aromatic rings. The lowest BCUT2D eigenvalue weighted by molar-refractivity contribution is -0.139. The maximum atomic E-state index is 11.7. The molecule has 2 N–H and O–H groups in total. The molecule has 0 bridgehead atoms. The molecule has 0 saturated heterocycles. The molecule has 7 heteroatoms. The highest BCUT2D eigenvalue weighted by atomic mass is 16.5. The summed E-state index contributed by atoms with van der Waals surface area (Å²) in [5.74, 6) is -1.22. The summed E-state index contributed by atoms with van der Waals surface area (Å²) in [4.78, 5) is 22.6. The first-order valence-electron chi connectivity index (χ1n) is 5.56. The Morgan fingerprint density at radius 2 is 2.33 bits per heavy atom. The topological polar surface area (TPSA) is 102 Å². The van der Waals surface area contributed by atoms with E-state index in [1.165, 1.54) is 13.2 Å². The smallest absolute Gasteiger partial charge is 0.326 e. The number of rotatable bonds is 7. The third kappa shape index (κ3) is 3.85. The minimum Gasteiger partial charge on any atom is -0.480 e. The Balaban J connectivity index is 2.64. The molecule has 1 unspecified atom stereocenters. The SMILES string of the molecule is CCCC(NC(=O)c1cc(COC)on1)C(=O)O. The number of carbonyl (C=O) groups excluding carboxylic acids is 1. The van der Waals surface area contributed by atoms with Gasteiger partial charge in [-0.25, -0.2) is 4.79 Å². The predicted molar refractivity (Wildman–Crippen MR) is 61.0 cm³/mol. The average molecular weight is 256 g/mol. The normalized spacial score (nSPS) is 12.1. The van der Waals surface area contributed by atoms with Crippen LogP contribution in [0.4, 0.5) is 0 Å². The van der Waals surface area contributed by atoms with E-state index in [1.807, 2.05) is 6.92 Å². The number of methoxy groups -OCH3 is 1. The predicted octanol–water partition coefficient (Wildman–Crippen LogP) is 0.804. The highest BCUT2D eigenvalue weighted by Gasteiger charge is 2.21. The van der Waals surface area contributed by atoms with Crippen LogP contribution < -0.4 is 5.32 Å². The van der Waals surface area contributed by atoms with Crippen LogP contribution in [0.1, 0.15) is 36.0 Å². The minimum atomic E-state index is -1.06. The fraction of sp³-hybridized carbons (Fsp3) is 0.545. The number of amides is 1. The Kier molecular flexibility index (Phi) is 5.31. The third-order valence-electron chi connectivity index (χ3n) is 2.26. The fourth-order valence-corrected chi connectivity index (χ4v) is 1.41. The van der Waals surface area contributed by atoms with E-state index in [4.69, 9.17) is 14.4 Å². The monoisotopic (exact) mass is 256 g/mol. The lowest BCUT2D eigenvalue weighted by atomic mass is 10.1. The molecule has 1 heterocycles. The van der Waals surface area contributed by atoms with Gasteiger partial charge in [0, 0.05) is 13.2 Å². The first-order chi connectivity index (χ1) is 8.58. The average Bonchev–Trinajstić information content (AvgIpc) is 2.77. The van der Waals surface area contributed by atoms with Gasteiger partial charge >= 0.3 is 5.97 Å². The van der Waals surface area contributed by atoms with Crippen LogP contribution in [0.25, 0.3) is 0 Å². The molecular weight excluding hydrogens is 240 g/mol. The van der Waals surface area contributed by atoms with Crippen LogP contribution in [0.3, 0.4) is 0 Å². The van der Waals surface area contributed by atoms with E-state index < -0.39 is 17.9 Å². The summed E-state index contributed by atoms with van der Waals surface area (Å²) >= 11 is 0. The molecule has 0 aliphatic carbocycles. The number of nitrogens with zero attached hydrogens (tertiary/aromatic N) is 1. The molecule has 0 spiro atoms. The maximum Gasteiger partial charge on any atom is 0.326 e. The summed E-state index contributed by atoms with van der Waals surface area (Å²) in [5, 5.41) is 14.8. The maximum absolute atomic E-state index is 11.7. The highest BCUT2D eigenvalue weighted by molar-refractivity contribution is 5.94. The molecule has 0 fully saturated rings. The number of ether oxygens (including phenoxy) is 1. The molecule has 0 aliphatic rings. The third-order valence-corrected chi connectivity index (χ3v) is 2.26. The van der Waals surface area contributed by atoms with Crippen LogP contribution in [-0.2, 0) is 16.1 Å². The Bertz CT molecular complexity index is 415. The minimum absolute atomic E-state index is 0.0457. The quantitative estimate of drug-likeness (QED) is 0.748. The van der Waals surface area contributed by atoms with Gasteiger partial charge in [0.15, 0.2) is 11.5 Å². The number of carboxylic acids is 1. The highest BCUT2D eigenvalue weighted by Crippen LogP contribution is 2.06. The molecule has 1 aromatic heterocycles. The lowest BCUT2D eigenvalue weighted by Crippen LogP contribution is -2.40. The molecule has 0 saturated carbocycles. The van der Waals surface area contributed by atoms with E-state index in [0.717, 1.165) is 0 Å². The zero-order valence-corrected chi connectivity index (χ0v) is 10.3. The van der Waals surface area contributed by atoms with Crippen LogP contribution in [-0.4, -0.2) is 35.3 Å². The largest absolute Gasteiger partial charge is 0.480 e. The molecule has 0 aliphatic heterocycles. The van der Waals surface area contributed by atoms with Crippen molar-refractivity contribution in [3.63, 3.8) is 0 Å². The van der Waals surface area contributed by atoms with Gasteiger partial charge in [-0.2, -0.15) is 0 Å². The van der Waals surface area contributed by atoms with Gasteiger partial charge in [-0.1, -0.05) is 18.5 Å². The van der Waals surface area contributed by atoms with Crippen molar-refractivity contribution < 1.29 is 24.0 Å². The van der Waals surface area contributed by atoms with E-state index in [1.54, 1.807) is 0 Å². The number of aliphatic carboxylic acids is 1. The van der Waals surface area contributed by atoms with Gasteiger partial charge in [-0.05, 0) is 6.42 Å². The summed E-state index contributed by atoms with van der Waals surface area (Å²) < 4.78 is 9.66. The number of carbonyl (C=O) groups is 2. The van der Waals surface area contributed by atoms with Gasteiger partial charge < -0.3 is 19.7 Å². The van der Waals surface area contributed by atoms with E-state index >= 15 is 0 Å². The van der Waals surface area contributed by atoms with Crippen LogP contribution in [0.2, 0.25) is 0 Å². The molecular formula is C11H16N2O5. The summed E-state index contributed by atoms with van der Waals surface area (Å²) in [7, 11) is 1.49. The van der Waals surface area contributed by atoms with Crippen molar-refractivity contribution in [2.24, 2.45) is 0 Å². The fourth-order valence-electron chi connectivity index (χ4n) is 1.41. The summed E-state index contributed by atoms with van der Waals surface area (Å²) in [5.41, 5.74) is 0.0457. The van der Waals surface area contributed by atoms with Crippen LogP contribution in [0.15, 0.2) is 10.6 Å². The number of hydrogen-bond donors (Lipinski definition) is 2. The second-order valence-electron chi connectivity index (χ2n) is 3.76. The second kappa shape index (κ2) is 6.75. The van der Waals surface area contributed by atoms with Crippen molar-refractivity contribution in [2.75, 3.05) is 7.11 Å². The van der Waals surface area contributed by atoms with E-state index in [0.29, 0.717) is 18.6 Å². The first kappa shape index (κ1) is 14.2. The number of carboxylic acid groups (broad SMARTS) is 1. The second-order valence-corrected chi connectivity index (χ2v) is 3.76. The van der Waals surface area contributed by atoms with Gasteiger partial charge in [0.1, 0.15) is 12.6 Å². The molecule has 18 heavy (non-hydrogen) atoms. The van der Waals surface area contributed by atoms with Gasteiger partial charge in [-0.15, -0.1) is 0 Å². The van der Waals surface area contributed by atoms with Crippen molar-refractivity contribution in [3.8, 4) is 0 Å². The van der Waals surface area contributed by atoms with Crippen molar-refractivity contribution in [2.45, 2.75) is 32.4 Å². The van der Waals surface area contributed by atoms with Gasteiger partial charge in [0.25, 0.3) is 5.91 Å². The zero-order valence-electron chi connectivity index (χ0n) is 10.3. The van der Waals surface area contributed by atoms with Crippen molar-refractivity contribution in [1.29, 1.82) is 0 Å². The van der Waals surface area contributed by atoms with Gasteiger partial charge in [0.2, 0.25) is 0 Å². The number of hydrogen-bond acceptors (Lipinski definition) is 5. The molecule has 0 radical (unpaired) electrons. The number of nitrogens with one attached hydrogen (secondary N) is 1. The van der Waals surface area contributed by atoms with E-state index in [9.17, 15) is 9.59 Å². The zero-order chi connectivity index (χ0) is 13.5. The van der Waals surface area contributed by atoms with Gasteiger partial charge in [0.05, 0.1) is 0 Å². The van der Waals surface area contributed by atoms with E-state index in [2.05, 4.69) is 10.5 Å². The van der Waals surface area contributed by atoms with Crippen LogP contribution >= 0.6 is 0 Å². The van der Waals surface area contributed by atoms with Crippen molar-refractivity contribution in [1.82, 2.24) is 10.5 Å². The summed E-state index contributed by atoms with van der Waals surface area (Å²) in [6.45, 7) is 2.05. The Morgan fingerprint density at radius 1 is 1.61 bits per heavy atom. The lowest BCUT2D eigenvalue weighted by Gasteiger charge is -2.11. The van der Waals surface area contributed by atoms with Crippen molar-refractivity contribution in [3.05, 3.63) is 17.5 Å². The molecule has 100 valence electrons. The molecule has 1 rings (SSSR count). The number of aromatic nitrogens is 1. The summed E-state index contributed by atoms with van der Waals surface area (Å²) in [6.07, 6.45) is 1.02. The van der Waals surface area contributed by atoms with Crippen LogP contribution in [0.5, 0.6) is 0 Å². The molecule has 7 nitrogen and oxygen atoms in total. The Labute approximate surface area is 104 Å². The van der Waals surface area contributed by atoms with Gasteiger partial charge in [-0.3, -0.25) is 4.79 Å². The van der Waals surface area contributed by atoms with Crippen LogP contribution in [0, 0.1) is 0 Å².